The normalized spacial score (nSPS) is 17.5. The van der Waals surface area contributed by atoms with Crippen LogP contribution in [0, 0.1) is 24.5 Å². The second-order valence-corrected chi connectivity index (χ2v) is 4.50. The summed E-state index contributed by atoms with van der Waals surface area (Å²) in [6.07, 6.45) is 2.21. The van der Waals surface area contributed by atoms with Crippen molar-refractivity contribution >= 4 is 0 Å². The lowest BCUT2D eigenvalue weighted by Crippen LogP contribution is -2.23. The maximum absolute atomic E-state index is 13.8. The minimum Gasteiger partial charge on any atom is -0.310 e. The van der Waals surface area contributed by atoms with Crippen LogP contribution in [0.15, 0.2) is 12.1 Å². The average Bonchev–Trinajstić information content (AvgIpc) is 3.04. The molecule has 0 amide bonds. The predicted molar refractivity (Wildman–Crippen MR) is 60.2 cm³/mol. The van der Waals surface area contributed by atoms with E-state index in [2.05, 4.69) is 5.32 Å². The molecule has 3 heteroatoms. The number of benzene rings is 1. The van der Waals surface area contributed by atoms with Crippen LogP contribution in [0.5, 0.6) is 0 Å². The summed E-state index contributed by atoms with van der Waals surface area (Å²) < 4.78 is 27.2. The van der Waals surface area contributed by atoms with Crippen LogP contribution in [-0.2, 0) is 0 Å². The number of halogens is 2. The van der Waals surface area contributed by atoms with Crippen LogP contribution in [0.2, 0.25) is 0 Å². The molecule has 1 unspecified atom stereocenters. The second-order valence-electron chi connectivity index (χ2n) is 4.50. The summed E-state index contributed by atoms with van der Waals surface area (Å²) in [5.74, 6) is -0.145. The van der Waals surface area contributed by atoms with Gasteiger partial charge in [-0.15, -0.1) is 0 Å². The Bertz CT molecular complexity index is 386. The number of nitrogens with one attached hydrogen (secondary N) is 1. The van der Waals surface area contributed by atoms with Gasteiger partial charge in [0.1, 0.15) is 11.6 Å². The maximum Gasteiger partial charge on any atom is 0.128 e. The highest BCUT2D eigenvalue weighted by Crippen LogP contribution is 2.41. The van der Waals surface area contributed by atoms with Crippen molar-refractivity contribution in [3.8, 4) is 0 Å². The Morgan fingerprint density at radius 1 is 1.31 bits per heavy atom. The second kappa shape index (κ2) is 4.50. The number of aryl methyl sites for hydroxylation is 1. The summed E-state index contributed by atoms with van der Waals surface area (Å²) in [5, 5.41) is 3.24. The third kappa shape index (κ3) is 2.24. The van der Waals surface area contributed by atoms with Crippen molar-refractivity contribution in [2.75, 3.05) is 6.54 Å². The predicted octanol–water partition coefficient (Wildman–Crippen LogP) is 3.33. The molecule has 16 heavy (non-hydrogen) atoms. The summed E-state index contributed by atoms with van der Waals surface area (Å²) in [6.45, 7) is 4.34. The molecule has 1 aliphatic carbocycles. The van der Waals surface area contributed by atoms with Crippen LogP contribution in [-0.4, -0.2) is 6.54 Å². The van der Waals surface area contributed by atoms with Crippen molar-refractivity contribution in [2.45, 2.75) is 32.7 Å². The molecule has 1 saturated carbocycles. The lowest BCUT2D eigenvalue weighted by Gasteiger charge is -2.19. The van der Waals surface area contributed by atoms with E-state index in [0.717, 1.165) is 19.4 Å². The molecule has 1 fully saturated rings. The van der Waals surface area contributed by atoms with Gasteiger partial charge in [0.15, 0.2) is 0 Å². The molecule has 0 aromatic heterocycles. The first-order valence-corrected chi connectivity index (χ1v) is 5.82. The van der Waals surface area contributed by atoms with Crippen molar-refractivity contribution in [3.05, 3.63) is 34.9 Å². The van der Waals surface area contributed by atoms with Gasteiger partial charge in [-0.3, -0.25) is 0 Å². The lowest BCUT2D eigenvalue weighted by molar-refractivity contribution is 0.463. The van der Waals surface area contributed by atoms with Gasteiger partial charge in [0.25, 0.3) is 0 Å². The van der Waals surface area contributed by atoms with E-state index < -0.39 is 0 Å². The minimum atomic E-state index is -0.319. The Labute approximate surface area is 94.9 Å². The van der Waals surface area contributed by atoms with Gasteiger partial charge in [-0.25, -0.2) is 8.78 Å². The molecule has 1 aromatic rings. The third-order valence-corrected chi connectivity index (χ3v) is 3.13. The van der Waals surface area contributed by atoms with Crippen LogP contribution in [0.1, 0.15) is 36.9 Å². The molecule has 0 bridgehead atoms. The van der Waals surface area contributed by atoms with Crippen LogP contribution >= 0.6 is 0 Å². The Kier molecular flexibility index (Phi) is 3.24. The summed E-state index contributed by atoms with van der Waals surface area (Å²) in [4.78, 5) is 0. The van der Waals surface area contributed by atoms with Crippen molar-refractivity contribution in [3.63, 3.8) is 0 Å². The molecule has 0 saturated heterocycles. The fraction of sp³-hybridized carbons (Fsp3) is 0.538. The monoisotopic (exact) mass is 225 g/mol. The zero-order chi connectivity index (χ0) is 11.7. The molecule has 0 spiro atoms. The maximum atomic E-state index is 13.8. The Morgan fingerprint density at radius 3 is 2.56 bits per heavy atom. The molecule has 0 heterocycles. The van der Waals surface area contributed by atoms with E-state index in [1.54, 1.807) is 6.92 Å². The van der Waals surface area contributed by atoms with Crippen LogP contribution in [0.25, 0.3) is 0 Å². The summed E-state index contributed by atoms with van der Waals surface area (Å²) in [7, 11) is 0. The molecular weight excluding hydrogens is 208 g/mol. The molecular formula is C13H17F2N. The highest BCUT2D eigenvalue weighted by molar-refractivity contribution is 5.29. The van der Waals surface area contributed by atoms with Crippen LogP contribution in [0.3, 0.4) is 0 Å². The summed E-state index contributed by atoms with van der Waals surface area (Å²) in [6, 6.07) is 2.60. The zero-order valence-electron chi connectivity index (χ0n) is 9.69. The summed E-state index contributed by atoms with van der Waals surface area (Å²) in [5.41, 5.74) is 0.847. The van der Waals surface area contributed by atoms with Gasteiger partial charge >= 0.3 is 0 Å². The van der Waals surface area contributed by atoms with Gasteiger partial charge in [-0.2, -0.15) is 0 Å². The number of hydrogen-bond donors (Lipinski definition) is 1. The molecule has 1 aromatic carbocycles. The Balaban J connectivity index is 2.32. The van der Waals surface area contributed by atoms with E-state index >= 15 is 0 Å². The molecule has 0 aliphatic heterocycles. The minimum absolute atomic E-state index is 0.0277. The van der Waals surface area contributed by atoms with E-state index in [9.17, 15) is 8.78 Å². The molecule has 1 aliphatic rings. The van der Waals surface area contributed by atoms with E-state index in [-0.39, 0.29) is 17.7 Å². The van der Waals surface area contributed by atoms with Crippen LogP contribution in [0.4, 0.5) is 8.78 Å². The standard InChI is InChI=1S/C13H17F2N/c1-3-16-13(9-4-5-9)10-7-11(14)8(2)6-12(10)15/h6-7,9,13,16H,3-5H2,1-2H3. The van der Waals surface area contributed by atoms with Gasteiger partial charge in [0, 0.05) is 11.6 Å². The van der Waals surface area contributed by atoms with Crippen molar-refractivity contribution in [2.24, 2.45) is 5.92 Å². The summed E-state index contributed by atoms with van der Waals surface area (Å²) >= 11 is 0. The topological polar surface area (TPSA) is 12.0 Å². The highest BCUT2D eigenvalue weighted by atomic mass is 19.1. The molecule has 88 valence electrons. The Morgan fingerprint density at radius 2 is 2.00 bits per heavy atom. The van der Waals surface area contributed by atoms with Crippen molar-refractivity contribution in [1.82, 2.24) is 5.32 Å². The first-order chi connectivity index (χ1) is 7.63. The van der Waals surface area contributed by atoms with E-state index in [4.69, 9.17) is 0 Å². The molecule has 2 rings (SSSR count). The smallest absolute Gasteiger partial charge is 0.128 e. The fourth-order valence-electron chi connectivity index (χ4n) is 2.08. The molecule has 0 radical (unpaired) electrons. The number of rotatable bonds is 4. The average molecular weight is 225 g/mol. The van der Waals surface area contributed by atoms with Gasteiger partial charge in [-0.05, 0) is 49.9 Å². The van der Waals surface area contributed by atoms with Gasteiger partial charge in [0.2, 0.25) is 0 Å². The van der Waals surface area contributed by atoms with E-state index in [1.807, 2.05) is 6.92 Å². The molecule has 1 N–H and O–H groups in total. The fourth-order valence-corrected chi connectivity index (χ4v) is 2.08. The molecule has 1 nitrogen and oxygen atoms in total. The number of hydrogen-bond acceptors (Lipinski definition) is 1. The van der Waals surface area contributed by atoms with E-state index in [1.165, 1.54) is 12.1 Å². The lowest BCUT2D eigenvalue weighted by atomic mass is 10.00. The van der Waals surface area contributed by atoms with Gasteiger partial charge in [-0.1, -0.05) is 6.92 Å². The zero-order valence-corrected chi connectivity index (χ0v) is 9.69. The van der Waals surface area contributed by atoms with Crippen molar-refractivity contribution < 1.29 is 8.78 Å². The third-order valence-electron chi connectivity index (χ3n) is 3.13. The molecule has 1 atom stereocenters. The van der Waals surface area contributed by atoms with Gasteiger partial charge in [0.05, 0.1) is 0 Å². The van der Waals surface area contributed by atoms with Crippen molar-refractivity contribution in [1.29, 1.82) is 0 Å². The SMILES string of the molecule is CCNC(c1cc(F)c(C)cc1F)C1CC1. The van der Waals surface area contributed by atoms with Crippen LogP contribution < -0.4 is 5.32 Å². The quantitative estimate of drug-likeness (QED) is 0.828. The largest absolute Gasteiger partial charge is 0.310 e. The first-order valence-electron chi connectivity index (χ1n) is 5.82. The Hall–Kier alpha value is -0.960. The van der Waals surface area contributed by atoms with Gasteiger partial charge < -0.3 is 5.32 Å². The highest BCUT2D eigenvalue weighted by Gasteiger charge is 2.33. The first kappa shape index (κ1) is 11.5. The van der Waals surface area contributed by atoms with E-state index in [0.29, 0.717) is 17.0 Å².